The van der Waals surface area contributed by atoms with Gasteiger partial charge in [0.15, 0.2) is 5.96 Å². The van der Waals surface area contributed by atoms with Crippen LogP contribution in [0.25, 0.3) is 0 Å². The molecule has 5 nitrogen and oxygen atoms in total. The van der Waals surface area contributed by atoms with Gasteiger partial charge in [-0.05, 0) is 31.5 Å². The number of nitrogens with zero attached hydrogens (tertiary/aromatic N) is 3. The third kappa shape index (κ3) is 4.10. The highest BCUT2D eigenvalue weighted by molar-refractivity contribution is 9.10. The minimum Gasteiger partial charge on any atom is -0.352 e. The Morgan fingerprint density at radius 1 is 1.18 bits per heavy atom. The van der Waals surface area contributed by atoms with Crippen molar-refractivity contribution in [2.24, 2.45) is 12.0 Å². The summed E-state index contributed by atoms with van der Waals surface area (Å²) >= 11 is 3.44. The number of hydrogen-bond donors (Lipinski definition) is 2. The molecule has 1 aromatic heterocycles. The zero-order chi connectivity index (χ0) is 16.1. The molecule has 0 aliphatic heterocycles. The van der Waals surface area contributed by atoms with Gasteiger partial charge < -0.3 is 10.6 Å². The fourth-order valence-electron chi connectivity index (χ4n) is 2.25. The van der Waals surface area contributed by atoms with Crippen molar-refractivity contribution in [3.05, 3.63) is 51.3 Å². The molecule has 2 aromatic rings. The highest BCUT2D eigenvalue weighted by Crippen LogP contribution is 2.11. The number of aromatic nitrogens is 2. The highest BCUT2D eigenvalue weighted by Gasteiger charge is 2.09. The summed E-state index contributed by atoms with van der Waals surface area (Å²) in [4.78, 5) is 4.26. The molecule has 0 radical (unpaired) electrons. The van der Waals surface area contributed by atoms with E-state index >= 15 is 0 Å². The zero-order valence-electron chi connectivity index (χ0n) is 13.4. The molecule has 0 spiro atoms. The molecule has 0 saturated carbocycles. The smallest absolute Gasteiger partial charge is 0.191 e. The lowest BCUT2D eigenvalue weighted by Crippen LogP contribution is -2.36. The van der Waals surface area contributed by atoms with Crippen LogP contribution in [-0.4, -0.2) is 22.8 Å². The Labute approximate surface area is 140 Å². The predicted octanol–water partition coefficient (Wildman–Crippen LogP) is 2.66. The lowest BCUT2D eigenvalue weighted by Gasteiger charge is -2.12. The molecule has 0 aliphatic rings. The molecule has 2 N–H and O–H groups in total. The summed E-state index contributed by atoms with van der Waals surface area (Å²) in [5, 5.41) is 11.1. The van der Waals surface area contributed by atoms with Gasteiger partial charge in [0.25, 0.3) is 0 Å². The van der Waals surface area contributed by atoms with Gasteiger partial charge in [-0.2, -0.15) is 5.10 Å². The Balaban J connectivity index is 1.91. The van der Waals surface area contributed by atoms with E-state index < -0.39 is 0 Å². The van der Waals surface area contributed by atoms with Crippen LogP contribution in [0.2, 0.25) is 0 Å². The molecular weight excluding hydrogens is 342 g/mol. The topological polar surface area (TPSA) is 54.2 Å². The molecule has 6 heteroatoms. The molecule has 22 heavy (non-hydrogen) atoms. The number of benzene rings is 1. The second-order valence-corrected chi connectivity index (χ2v) is 6.09. The number of hydrogen-bond acceptors (Lipinski definition) is 2. The monoisotopic (exact) mass is 363 g/mol. The molecule has 0 atom stereocenters. The van der Waals surface area contributed by atoms with Crippen LogP contribution in [0.4, 0.5) is 0 Å². The van der Waals surface area contributed by atoms with Gasteiger partial charge >= 0.3 is 0 Å². The SMILES string of the molecule is CN=C(NCc1ccc(Br)cc1)NCc1c(C)nn(C)c1C. The van der Waals surface area contributed by atoms with Crippen molar-refractivity contribution >= 4 is 21.9 Å². The standard InChI is InChI=1S/C16H22BrN5/c1-11-15(12(2)22(4)21-11)10-20-16(18-3)19-9-13-5-7-14(17)8-6-13/h5-8H,9-10H2,1-4H3,(H2,18,19,20). The molecule has 0 aliphatic carbocycles. The van der Waals surface area contributed by atoms with Crippen molar-refractivity contribution < 1.29 is 0 Å². The number of aryl methyl sites for hydroxylation is 2. The maximum absolute atomic E-state index is 4.43. The molecular formula is C16H22BrN5. The molecule has 2 rings (SSSR count). The maximum Gasteiger partial charge on any atom is 0.191 e. The van der Waals surface area contributed by atoms with Crippen molar-refractivity contribution in [3.8, 4) is 0 Å². The van der Waals surface area contributed by atoms with E-state index in [1.165, 1.54) is 16.8 Å². The average molecular weight is 364 g/mol. The lowest BCUT2D eigenvalue weighted by molar-refractivity contribution is 0.728. The summed E-state index contributed by atoms with van der Waals surface area (Å²) in [5.74, 6) is 0.783. The number of guanidine groups is 1. The van der Waals surface area contributed by atoms with Crippen LogP contribution in [0, 0.1) is 13.8 Å². The minimum absolute atomic E-state index is 0.714. The minimum atomic E-state index is 0.714. The third-order valence-corrected chi connectivity index (χ3v) is 4.22. The number of halogens is 1. The highest BCUT2D eigenvalue weighted by atomic mass is 79.9. The number of rotatable bonds is 4. The molecule has 0 unspecified atom stereocenters. The van der Waals surface area contributed by atoms with Crippen LogP contribution in [0.5, 0.6) is 0 Å². The fourth-order valence-corrected chi connectivity index (χ4v) is 2.52. The van der Waals surface area contributed by atoms with Crippen LogP contribution < -0.4 is 10.6 Å². The van der Waals surface area contributed by atoms with Gasteiger partial charge in [-0.15, -0.1) is 0 Å². The zero-order valence-corrected chi connectivity index (χ0v) is 15.0. The van der Waals surface area contributed by atoms with E-state index in [1.807, 2.05) is 30.8 Å². The summed E-state index contributed by atoms with van der Waals surface area (Å²) in [6.07, 6.45) is 0. The lowest BCUT2D eigenvalue weighted by atomic mass is 10.2. The van der Waals surface area contributed by atoms with Gasteiger partial charge in [0, 0.05) is 42.9 Å². The first-order valence-corrected chi connectivity index (χ1v) is 7.98. The van der Waals surface area contributed by atoms with E-state index in [2.05, 4.69) is 55.7 Å². The van der Waals surface area contributed by atoms with Gasteiger partial charge in [-0.1, -0.05) is 28.1 Å². The van der Waals surface area contributed by atoms with Gasteiger partial charge in [-0.25, -0.2) is 0 Å². The van der Waals surface area contributed by atoms with Crippen LogP contribution in [0.15, 0.2) is 33.7 Å². The molecule has 1 heterocycles. The molecule has 118 valence electrons. The van der Waals surface area contributed by atoms with Crippen molar-refractivity contribution in [2.45, 2.75) is 26.9 Å². The summed E-state index contributed by atoms with van der Waals surface area (Å²) in [6.45, 7) is 5.56. The maximum atomic E-state index is 4.43. The Bertz CT molecular complexity index is 658. The van der Waals surface area contributed by atoms with Gasteiger partial charge in [0.05, 0.1) is 5.69 Å². The first-order valence-electron chi connectivity index (χ1n) is 7.19. The van der Waals surface area contributed by atoms with Crippen LogP contribution >= 0.6 is 15.9 Å². The first kappa shape index (κ1) is 16.5. The Kier molecular flexibility index (Phi) is 5.60. The number of nitrogens with one attached hydrogen (secondary N) is 2. The summed E-state index contributed by atoms with van der Waals surface area (Å²) in [6, 6.07) is 8.24. The van der Waals surface area contributed by atoms with E-state index in [9.17, 15) is 0 Å². The van der Waals surface area contributed by atoms with E-state index in [0.29, 0.717) is 6.54 Å². The van der Waals surface area contributed by atoms with Crippen molar-refractivity contribution in [2.75, 3.05) is 7.05 Å². The largest absolute Gasteiger partial charge is 0.352 e. The fraction of sp³-hybridized carbons (Fsp3) is 0.375. The summed E-state index contributed by atoms with van der Waals surface area (Å²) in [5.41, 5.74) is 4.65. The molecule has 1 aromatic carbocycles. The van der Waals surface area contributed by atoms with E-state index in [0.717, 1.165) is 22.7 Å². The van der Waals surface area contributed by atoms with Gasteiger partial charge in [0.1, 0.15) is 0 Å². The second-order valence-electron chi connectivity index (χ2n) is 5.18. The van der Waals surface area contributed by atoms with Crippen LogP contribution in [0.3, 0.4) is 0 Å². The molecule has 0 bridgehead atoms. The second kappa shape index (κ2) is 7.45. The van der Waals surface area contributed by atoms with Crippen molar-refractivity contribution in [1.82, 2.24) is 20.4 Å². The Hall–Kier alpha value is -1.82. The molecule has 0 amide bonds. The van der Waals surface area contributed by atoms with Crippen LogP contribution in [-0.2, 0) is 20.1 Å². The Morgan fingerprint density at radius 2 is 1.82 bits per heavy atom. The quantitative estimate of drug-likeness (QED) is 0.648. The third-order valence-electron chi connectivity index (χ3n) is 3.69. The summed E-state index contributed by atoms with van der Waals surface area (Å²) in [7, 11) is 3.74. The number of aliphatic imine (C=N–C) groups is 1. The molecule has 0 fully saturated rings. The van der Waals surface area contributed by atoms with Crippen LogP contribution in [0.1, 0.15) is 22.5 Å². The predicted molar refractivity (Wildman–Crippen MR) is 93.9 cm³/mol. The van der Waals surface area contributed by atoms with E-state index in [-0.39, 0.29) is 0 Å². The van der Waals surface area contributed by atoms with Crippen molar-refractivity contribution in [1.29, 1.82) is 0 Å². The van der Waals surface area contributed by atoms with Gasteiger partial charge in [0.2, 0.25) is 0 Å². The van der Waals surface area contributed by atoms with Crippen molar-refractivity contribution in [3.63, 3.8) is 0 Å². The Morgan fingerprint density at radius 3 is 2.36 bits per heavy atom. The van der Waals surface area contributed by atoms with E-state index in [1.54, 1.807) is 7.05 Å². The summed E-state index contributed by atoms with van der Waals surface area (Å²) < 4.78 is 2.99. The van der Waals surface area contributed by atoms with Gasteiger partial charge in [-0.3, -0.25) is 9.67 Å². The first-order chi connectivity index (χ1) is 10.5. The average Bonchev–Trinajstić information content (AvgIpc) is 2.75. The normalized spacial score (nSPS) is 11.6. The molecule has 0 saturated heterocycles. The van der Waals surface area contributed by atoms with E-state index in [4.69, 9.17) is 0 Å².